The van der Waals surface area contributed by atoms with Crippen LogP contribution in [0.3, 0.4) is 0 Å². The Morgan fingerprint density at radius 3 is 2.76 bits per heavy atom. The highest BCUT2D eigenvalue weighted by molar-refractivity contribution is 5.97. The lowest BCUT2D eigenvalue weighted by Crippen LogP contribution is -2.39. The van der Waals surface area contributed by atoms with Crippen LogP contribution in [0.4, 0.5) is 0 Å². The van der Waals surface area contributed by atoms with Gasteiger partial charge in [-0.2, -0.15) is 5.10 Å². The first-order valence-corrected chi connectivity index (χ1v) is 7.31. The van der Waals surface area contributed by atoms with E-state index in [9.17, 15) is 9.59 Å². The molecule has 0 spiro atoms. The van der Waals surface area contributed by atoms with Gasteiger partial charge in [0.1, 0.15) is 11.5 Å². The summed E-state index contributed by atoms with van der Waals surface area (Å²) < 4.78 is 5.15. The minimum atomic E-state index is -0.343. The molecule has 1 aromatic rings. The van der Waals surface area contributed by atoms with Crippen molar-refractivity contribution in [1.29, 1.82) is 0 Å². The van der Waals surface area contributed by atoms with E-state index >= 15 is 0 Å². The van der Waals surface area contributed by atoms with E-state index in [1.165, 1.54) is 6.42 Å². The van der Waals surface area contributed by atoms with E-state index in [0.717, 1.165) is 25.7 Å². The fourth-order valence-electron chi connectivity index (χ4n) is 2.40. The summed E-state index contributed by atoms with van der Waals surface area (Å²) >= 11 is 0. The standard InChI is InChI=1S/C15H21N3O3/c1-11(13-8-5-9-21-13)17-18-14(19)10-16-15(20)12-6-3-2-4-7-12/h5,8-9,12H,2-4,6-7,10H2,1H3,(H,16,20)(H,18,19)/b17-11+. The number of hydrazone groups is 1. The van der Waals surface area contributed by atoms with Gasteiger partial charge in [-0.05, 0) is 31.9 Å². The topological polar surface area (TPSA) is 83.7 Å². The smallest absolute Gasteiger partial charge is 0.259 e. The van der Waals surface area contributed by atoms with Crippen LogP contribution in [0.15, 0.2) is 27.9 Å². The number of hydrogen-bond acceptors (Lipinski definition) is 4. The third-order valence-electron chi connectivity index (χ3n) is 3.63. The quantitative estimate of drug-likeness (QED) is 0.641. The lowest BCUT2D eigenvalue weighted by atomic mass is 9.89. The van der Waals surface area contributed by atoms with E-state index in [1.54, 1.807) is 25.3 Å². The predicted molar refractivity (Wildman–Crippen MR) is 78.6 cm³/mol. The third-order valence-corrected chi connectivity index (χ3v) is 3.63. The van der Waals surface area contributed by atoms with Crippen LogP contribution in [0.5, 0.6) is 0 Å². The molecule has 114 valence electrons. The van der Waals surface area contributed by atoms with Gasteiger partial charge in [0.25, 0.3) is 5.91 Å². The van der Waals surface area contributed by atoms with Crippen molar-refractivity contribution in [3.05, 3.63) is 24.2 Å². The van der Waals surface area contributed by atoms with Gasteiger partial charge in [0.2, 0.25) is 5.91 Å². The highest BCUT2D eigenvalue weighted by Gasteiger charge is 2.21. The van der Waals surface area contributed by atoms with Crippen LogP contribution in [0.1, 0.15) is 44.8 Å². The molecule has 2 amide bonds. The van der Waals surface area contributed by atoms with Gasteiger partial charge in [-0.15, -0.1) is 0 Å². The van der Waals surface area contributed by atoms with Crippen molar-refractivity contribution in [2.75, 3.05) is 6.54 Å². The molecule has 6 nitrogen and oxygen atoms in total. The average Bonchev–Trinajstić information content (AvgIpc) is 3.05. The molecule has 1 aromatic heterocycles. The second-order valence-corrected chi connectivity index (χ2v) is 5.26. The van der Waals surface area contributed by atoms with Gasteiger partial charge in [-0.3, -0.25) is 9.59 Å². The number of amides is 2. The van der Waals surface area contributed by atoms with Gasteiger partial charge < -0.3 is 9.73 Å². The molecular weight excluding hydrogens is 270 g/mol. The van der Waals surface area contributed by atoms with Crippen LogP contribution in [-0.4, -0.2) is 24.1 Å². The van der Waals surface area contributed by atoms with Gasteiger partial charge >= 0.3 is 0 Å². The Labute approximate surface area is 124 Å². The van der Waals surface area contributed by atoms with Gasteiger partial charge in [0.05, 0.1) is 12.8 Å². The summed E-state index contributed by atoms with van der Waals surface area (Å²) in [5.74, 6) is 0.281. The zero-order valence-corrected chi connectivity index (χ0v) is 12.2. The molecule has 0 aromatic carbocycles. The van der Waals surface area contributed by atoms with E-state index in [0.29, 0.717) is 11.5 Å². The van der Waals surface area contributed by atoms with Crippen LogP contribution in [0.25, 0.3) is 0 Å². The number of carbonyl (C=O) groups excluding carboxylic acids is 2. The summed E-state index contributed by atoms with van der Waals surface area (Å²) in [6, 6.07) is 3.51. The van der Waals surface area contributed by atoms with E-state index in [-0.39, 0.29) is 24.3 Å². The zero-order chi connectivity index (χ0) is 15.1. The van der Waals surface area contributed by atoms with Crippen molar-refractivity contribution < 1.29 is 14.0 Å². The zero-order valence-electron chi connectivity index (χ0n) is 12.2. The summed E-state index contributed by atoms with van der Waals surface area (Å²) in [5, 5.41) is 6.60. The van der Waals surface area contributed by atoms with Crippen molar-refractivity contribution in [1.82, 2.24) is 10.7 Å². The first-order valence-electron chi connectivity index (χ1n) is 7.31. The third kappa shape index (κ3) is 4.73. The summed E-state index contributed by atoms with van der Waals surface area (Å²) in [4.78, 5) is 23.5. The van der Waals surface area contributed by atoms with Crippen molar-refractivity contribution in [3.8, 4) is 0 Å². The number of rotatable bonds is 5. The minimum Gasteiger partial charge on any atom is -0.463 e. The number of nitrogens with zero attached hydrogens (tertiary/aromatic N) is 1. The lowest BCUT2D eigenvalue weighted by molar-refractivity contribution is -0.129. The molecule has 0 bridgehead atoms. The highest BCUT2D eigenvalue weighted by Crippen LogP contribution is 2.23. The van der Waals surface area contributed by atoms with Crippen LogP contribution >= 0.6 is 0 Å². The average molecular weight is 291 g/mol. The minimum absolute atomic E-state index is 0.0309. The first kappa shape index (κ1) is 15.3. The van der Waals surface area contributed by atoms with Crippen LogP contribution in [-0.2, 0) is 9.59 Å². The van der Waals surface area contributed by atoms with Crippen molar-refractivity contribution in [3.63, 3.8) is 0 Å². The number of carbonyl (C=O) groups is 2. The van der Waals surface area contributed by atoms with Crippen molar-refractivity contribution in [2.45, 2.75) is 39.0 Å². The molecule has 0 atom stereocenters. The largest absolute Gasteiger partial charge is 0.463 e. The first-order chi connectivity index (χ1) is 10.2. The molecule has 2 N–H and O–H groups in total. The predicted octanol–water partition coefficient (Wildman–Crippen LogP) is 1.82. The maximum atomic E-state index is 11.9. The number of furan rings is 1. The molecule has 1 saturated carbocycles. The van der Waals surface area contributed by atoms with Crippen LogP contribution in [0, 0.1) is 5.92 Å². The molecule has 2 rings (SSSR count). The van der Waals surface area contributed by atoms with Crippen molar-refractivity contribution >= 4 is 17.5 Å². The fraction of sp³-hybridized carbons (Fsp3) is 0.533. The van der Waals surface area contributed by atoms with Gasteiger partial charge in [-0.25, -0.2) is 5.43 Å². The molecular formula is C15H21N3O3. The Hall–Kier alpha value is -2.11. The van der Waals surface area contributed by atoms with Crippen LogP contribution < -0.4 is 10.7 Å². The Balaban J connectivity index is 1.72. The lowest BCUT2D eigenvalue weighted by Gasteiger charge is -2.20. The normalized spacial score (nSPS) is 16.5. The Morgan fingerprint density at radius 2 is 2.10 bits per heavy atom. The monoisotopic (exact) mass is 291 g/mol. The molecule has 0 saturated heterocycles. The summed E-state index contributed by atoms with van der Waals surface area (Å²) in [6.45, 7) is 1.68. The maximum absolute atomic E-state index is 11.9. The molecule has 0 aliphatic heterocycles. The number of hydrogen-bond donors (Lipinski definition) is 2. The fourth-order valence-corrected chi connectivity index (χ4v) is 2.40. The Bertz CT molecular complexity index is 502. The summed E-state index contributed by atoms with van der Waals surface area (Å²) in [5.41, 5.74) is 2.98. The molecule has 1 aliphatic carbocycles. The molecule has 21 heavy (non-hydrogen) atoms. The van der Waals surface area contributed by atoms with E-state index in [4.69, 9.17) is 4.42 Å². The molecule has 0 radical (unpaired) electrons. The van der Waals surface area contributed by atoms with Crippen molar-refractivity contribution in [2.24, 2.45) is 11.0 Å². The molecule has 0 unspecified atom stereocenters. The Morgan fingerprint density at radius 1 is 1.33 bits per heavy atom. The Kier molecular flexibility index (Phi) is 5.54. The van der Waals surface area contributed by atoms with Crippen LogP contribution in [0.2, 0.25) is 0 Å². The molecule has 1 fully saturated rings. The maximum Gasteiger partial charge on any atom is 0.259 e. The van der Waals surface area contributed by atoms with Gasteiger partial charge in [0.15, 0.2) is 0 Å². The van der Waals surface area contributed by atoms with Gasteiger partial charge in [0, 0.05) is 5.92 Å². The second-order valence-electron chi connectivity index (χ2n) is 5.26. The molecule has 1 heterocycles. The van der Waals surface area contributed by atoms with Gasteiger partial charge in [-0.1, -0.05) is 19.3 Å². The van der Waals surface area contributed by atoms with E-state index in [1.807, 2.05) is 0 Å². The van der Waals surface area contributed by atoms with E-state index < -0.39 is 0 Å². The SMILES string of the molecule is C/C(=N\NC(=O)CNC(=O)C1CCCCC1)c1ccco1. The summed E-state index contributed by atoms with van der Waals surface area (Å²) in [7, 11) is 0. The second kappa shape index (κ2) is 7.61. The molecule has 6 heteroatoms. The summed E-state index contributed by atoms with van der Waals surface area (Å²) in [6.07, 6.45) is 6.77. The highest BCUT2D eigenvalue weighted by atomic mass is 16.3. The van der Waals surface area contributed by atoms with E-state index in [2.05, 4.69) is 15.8 Å². The number of nitrogens with one attached hydrogen (secondary N) is 2. The molecule has 1 aliphatic rings.